The smallest absolute Gasteiger partial charge is 0.248 e. The molecule has 2 aromatic rings. The molecule has 7 nitrogen and oxygen atoms in total. The molecule has 3 rings (SSSR count). The zero-order valence-corrected chi connectivity index (χ0v) is 13.2. The molecule has 1 aliphatic rings. The van der Waals surface area contributed by atoms with Crippen LogP contribution in [0.4, 0.5) is 0 Å². The fraction of sp³-hybridized carbons (Fsp3) is 0.429. The Morgan fingerprint density at radius 1 is 1.32 bits per heavy atom. The van der Waals surface area contributed by atoms with Gasteiger partial charge in [-0.2, -0.15) is 4.31 Å². The van der Waals surface area contributed by atoms with Crippen LogP contribution in [0, 0.1) is 13.8 Å². The second kappa shape index (κ2) is 5.69. The van der Waals surface area contributed by atoms with Crippen LogP contribution < -0.4 is 4.74 Å². The van der Waals surface area contributed by atoms with E-state index in [0.29, 0.717) is 36.7 Å². The molecule has 0 aliphatic carbocycles. The lowest BCUT2D eigenvalue weighted by Gasteiger charge is -2.17. The number of hydrogen-bond donors (Lipinski definition) is 0. The number of aromatic nitrogens is 2. The molecule has 0 N–H and O–H groups in total. The zero-order chi connectivity index (χ0) is 15.7. The minimum atomic E-state index is -3.60. The maximum absolute atomic E-state index is 12.7. The van der Waals surface area contributed by atoms with Gasteiger partial charge in [0, 0.05) is 18.9 Å². The third kappa shape index (κ3) is 2.71. The van der Waals surface area contributed by atoms with Gasteiger partial charge >= 0.3 is 0 Å². The van der Waals surface area contributed by atoms with Crippen molar-refractivity contribution in [2.24, 2.45) is 0 Å². The molecular formula is C14H17N3O4S. The van der Waals surface area contributed by atoms with Crippen molar-refractivity contribution in [1.29, 1.82) is 0 Å². The van der Waals surface area contributed by atoms with Crippen molar-refractivity contribution in [2.45, 2.75) is 31.3 Å². The van der Waals surface area contributed by atoms with Crippen LogP contribution in [0.15, 0.2) is 33.9 Å². The zero-order valence-electron chi connectivity index (χ0n) is 12.4. The van der Waals surface area contributed by atoms with Crippen LogP contribution >= 0.6 is 0 Å². The molecule has 0 amide bonds. The monoisotopic (exact) mass is 323 g/mol. The van der Waals surface area contributed by atoms with Crippen molar-refractivity contribution < 1.29 is 17.7 Å². The summed E-state index contributed by atoms with van der Waals surface area (Å²) in [7, 11) is -3.60. The molecule has 118 valence electrons. The highest BCUT2D eigenvalue weighted by Crippen LogP contribution is 2.27. The normalized spacial score (nSPS) is 19.5. The van der Waals surface area contributed by atoms with Crippen LogP contribution in [0.25, 0.3) is 0 Å². The van der Waals surface area contributed by atoms with Gasteiger partial charge in [-0.3, -0.25) is 4.98 Å². The quantitative estimate of drug-likeness (QED) is 0.848. The third-order valence-corrected chi connectivity index (χ3v) is 5.74. The molecule has 8 heteroatoms. The number of ether oxygens (including phenoxy) is 1. The largest absolute Gasteiger partial charge is 0.489 e. The standard InChI is InChI=1S/C14H17N3O4S/c1-10-14(11(2)21-16-10)22(18,19)17-8-5-13(9-17)20-12-3-6-15-7-4-12/h3-4,6-7,13H,5,8-9H2,1-2H3/t13-/m0/s1. The molecule has 0 unspecified atom stereocenters. The fourth-order valence-corrected chi connectivity index (χ4v) is 4.37. The van der Waals surface area contributed by atoms with Crippen LogP contribution in [0.2, 0.25) is 0 Å². The summed E-state index contributed by atoms with van der Waals surface area (Å²) in [6, 6.07) is 3.51. The predicted octanol–water partition coefficient (Wildman–Crippen LogP) is 1.53. The molecule has 3 heterocycles. The van der Waals surface area contributed by atoms with E-state index >= 15 is 0 Å². The first-order valence-corrected chi connectivity index (χ1v) is 8.42. The number of sulfonamides is 1. The summed E-state index contributed by atoms with van der Waals surface area (Å²) >= 11 is 0. The van der Waals surface area contributed by atoms with Crippen molar-refractivity contribution in [3.63, 3.8) is 0 Å². The lowest BCUT2D eigenvalue weighted by Crippen LogP contribution is -2.31. The van der Waals surface area contributed by atoms with E-state index in [-0.39, 0.29) is 11.0 Å². The van der Waals surface area contributed by atoms with Gasteiger partial charge in [-0.25, -0.2) is 8.42 Å². The Kier molecular flexibility index (Phi) is 3.88. The molecule has 22 heavy (non-hydrogen) atoms. The van der Waals surface area contributed by atoms with E-state index in [4.69, 9.17) is 9.26 Å². The first-order chi connectivity index (χ1) is 10.5. The maximum Gasteiger partial charge on any atom is 0.248 e. The lowest BCUT2D eigenvalue weighted by molar-refractivity contribution is 0.215. The molecule has 1 fully saturated rings. The van der Waals surface area contributed by atoms with E-state index in [0.717, 1.165) is 0 Å². The number of nitrogens with zero attached hydrogens (tertiary/aromatic N) is 3. The minimum Gasteiger partial charge on any atom is -0.489 e. The van der Waals surface area contributed by atoms with Gasteiger partial charge in [0.1, 0.15) is 22.4 Å². The second-order valence-electron chi connectivity index (χ2n) is 5.23. The fourth-order valence-electron chi connectivity index (χ4n) is 2.59. The number of rotatable bonds is 4. The van der Waals surface area contributed by atoms with Crippen molar-refractivity contribution in [2.75, 3.05) is 13.1 Å². The van der Waals surface area contributed by atoms with Crippen molar-refractivity contribution >= 4 is 10.0 Å². The molecule has 1 saturated heterocycles. The molecule has 0 spiro atoms. The van der Waals surface area contributed by atoms with E-state index in [1.54, 1.807) is 38.4 Å². The van der Waals surface area contributed by atoms with E-state index < -0.39 is 10.0 Å². The Morgan fingerprint density at radius 3 is 2.68 bits per heavy atom. The number of hydrogen-bond acceptors (Lipinski definition) is 6. The average molecular weight is 323 g/mol. The summed E-state index contributed by atoms with van der Waals surface area (Å²) in [5, 5.41) is 3.72. The van der Waals surface area contributed by atoms with Gasteiger partial charge < -0.3 is 9.26 Å². The Hall–Kier alpha value is -1.93. The van der Waals surface area contributed by atoms with Gasteiger partial charge in [-0.05, 0) is 32.4 Å². The van der Waals surface area contributed by atoms with Crippen molar-refractivity contribution in [3.8, 4) is 5.75 Å². The predicted molar refractivity (Wildman–Crippen MR) is 78.0 cm³/mol. The molecule has 1 aliphatic heterocycles. The van der Waals surface area contributed by atoms with Crippen LogP contribution in [0.3, 0.4) is 0 Å². The molecule has 2 aromatic heterocycles. The Balaban J connectivity index is 1.75. The van der Waals surface area contributed by atoms with Gasteiger partial charge in [0.05, 0.1) is 6.54 Å². The first-order valence-electron chi connectivity index (χ1n) is 6.98. The van der Waals surface area contributed by atoms with E-state index in [1.165, 1.54) is 4.31 Å². The summed E-state index contributed by atoms with van der Waals surface area (Å²) < 4.78 is 37.6. The van der Waals surface area contributed by atoms with Crippen LogP contribution in [-0.4, -0.2) is 42.1 Å². The lowest BCUT2D eigenvalue weighted by atomic mass is 10.3. The number of pyridine rings is 1. The summed E-state index contributed by atoms with van der Waals surface area (Å²) in [6.07, 6.45) is 3.76. The molecule has 0 bridgehead atoms. The van der Waals surface area contributed by atoms with Crippen LogP contribution in [0.1, 0.15) is 17.9 Å². The van der Waals surface area contributed by atoms with E-state index in [1.807, 2.05) is 0 Å². The van der Waals surface area contributed by atoms with Crippen molar-refractivity contribution in [1.82, 2.24) is 14.4 Å². The van der Waals surface area contributed by atoms with Gasteiger partial charge in [-0.15, -0.1) is 0 Å². The minimum absolute atomic E-state index is 0.164. The average Bonchev–Trinajstić information content (AvgIpc) is 3.08. The maximum atomic E-state index is 12.7. The Labute approximate surface area is 128 Å². The van der Waals surface area contributed by atoms with E-state index in [2.05, 4.69) is 10.1 Å². The topological polar surface area (TPSA) is 85.5 Å². The highest BCUT2D eigenvalue weighted by molar-refractivity contribution is 7.89. The van der Waals surface area contributed by atoms with Gasteiger partial charge in [0.25, 0.3) is 0 Å². The number of aryl methyl sites for hydroxylation is 2. The molecule has 0 radical (unpaired) electrons. The summed E-state index contributed by atoms with van der Waals surface area (Å²) in [4.78, 5) is 4.09. The molecule has 0 aromatic carbocycles. The summed E-state index contributed by atoms with van der Waals surface area (Å²) in [6.45, 7) is 3.97. The first kappa shape index (κ1) is 15.0. The van der Waals surface area contributed by atoms with Crippen LogP contribution in [-0.2, 0) is 10.0 Å². The van der Waals surface area contributed by atoms with Gasteiger partial charge in [0.2, 0.25) is 10.0 Å². The molecular weight excluding hydrogens is 306 g/mol. The van der Waals surface area contributed by atoms with Crippen LogP contribution in [0.5, 0.6) is 5.75 Å². The van der Waals surface area contributed by atoms with Crippen molar-refractivity contribution in [3.05, 3.63) is 36.0 Å². The summed E-state index contributed by atoms with van der Waals surface area (Å²) in [5.41, 5.74) is 0.385. The Bertz CT molecular complexity index is 738. The summed E-state index contributed by atoms with van der Waals surface area (Å²) in [5.74, 6) is 1.01. The molecule has 0 saturated carbocycles. The molecule has 1 atom stereocenters. The third-order valence-electron chi connectivity index (χ3n) is 3.63. The Morgan fingerprint density at radius 2 is 2.05 bits per heavy atom. The van der Waals surface area contributed by atoms with E-state index in [9.17, 15) is 8.42 Å². The SMILES string of the molecule is Cc1noc(C)c1S(=O)(=O)N1CC[C@H](Oc2ccncc2)C1. The van der Waals surface area contributed by atoms with Gasteiger partial charge in [-0.1, -0.05) is 5.16 Å². The highest BCUT2D eigenvalue weighted by atomic mass is 32.2. The van der Waals surface area contributed by atoms with Gasteiger partial charge in [0.15, 0.2) is 5.76 Å². The highest BCUT2D eigenvalue weighted by Gasteiger charge is 2.37. The second-order valence-corrected chi connectivity index (χ2v) is 7.10.